The molecule has 0 unspecified atom stereocenters. The van der Waals surface area contributed by atoms with Crippen molar-refractivity contribution in [2.45, 2.75) is 101 Å². The van der Waals surface area contributed by atoms with Gasteiger partial charge in [0.2, 0.25) is 0 Å². The minimum atomic E-state index is -3.10. The molecule has 2 saturated heterocycles. The molecule has 6 rings (SSSR count). The number of benzene rings is 4. The van der Waals surface area contributed by atoms with Crippen LogP contribution in [0.2, 0.25) is 5.04 Å². The van der Waals surface area contributed by atoms with E-state index in [1.165, 1.54) is 0 Å². The summed E-state index contributed by atoms with van der Waals surface area (Å²) in [5.41, 5.74) is 1.94. The Labute approximate surface area is 319 Å². The SMILES string of the molecule is CCO[C@@H]1O[C@@H]([C@@H](CO[Si](c2ccccc2)(c2ccccc2)C(C)(C)C)O[C@H]2O[C@H](CO)[C@@H](O)[C@@H]2O)[C@H](OCc2ccccc2)[C@H]1OCc1ccccc1. The van der Waals surface area contributed by atoms with Crippen molar-refractivity contribution in [2.75, 3.05) is 19.8 Å². The molecule has 2 fully saturated rings. The van der Waals surface area contributed by atoms with Crippen molar-refractivity contribution in [3.05, 3.63) is 132 Å². The van der Waals surface area contributed by atoms with Gasteiger partial charge in [-0.25, -0.2) is 0 Å². The van der Waals surface area contributed by atoms with Crippen LogP contribution in [0.5, 0.6) is 0 Å². The smallest absolute Gasteiger partial charge is 0.261 e. The fourth-order valence-corrected chi connectivity index (χ4v) is 12.0. The zero-order valence-corrected chi connectivity index (χ0v) is 32.5. The average Bonchev–Trinajstić information content (AvgIpc) is 3.68. The van der Waals surface area contributed by atoms with E-state index in [2.05, 4.69) is 45.0 Å². The second-order valence-electron chi connectivity index (χ2n) is 14.8. The van der Waals surface area contributed by atoms with Gasteiger partial charge in [0.15, 0.2) is 12.6 Å². The van der Waals surface area contributed by atoms with Crippen molar-refractivity contribution < 1.29 is 48.2 Å². The summed E-state index contributed by atoms with van der Waals surface area (Å²) in [4.78, 5) is 0. The number of aliphatic hydroxyl groups is 3. The Bertz CT molecular complexity index is 1640. The topological polar surface area (TPSA) is 125 Å². The van der Waals surface area contributed by atoms with Crippen LogP contribution in [-0.4, -0.2) is 98.8 Å². The third-order valence-electron chi connectivity index (χ3n) is 10.2. The van der Waals surface area contributed by atoms with Gasteiger partial charge in [0, 0.05) is 6.61 Å². The van der Waals surface area contributed by atoms with Crippen LogP contribution in [0.3, 0.4) is 0 Å². The number of hydrogen-bond acceptors (Lipinski definition) is 10. The maximum absolute atomic E-state index is 11.1. The first-order valence-corrected chi connectivity index (χ1v) is 20.7. The molecule has 10 nitrogen and oxygen atoms in total. The molecule has 2 heterocycles. The van der Waals surface area contributed by atoms with Crippen molar-refractivity contribution in [1.82, 2.24) is 0 Å². The predicted octanol–water partition coefficient (Wildman–Crippen LogP) is 4.32. The second-order valence-corrected chi connectivity index (χ2v) is 19.1. The monoisotopic (exact) mass is 758 g/mol. The molecule has 0 bridgehead atoms. The molecule has 0 aromatic heterocycles. The maximum Gasteiger partial charge on any atom is 0.261 e. The lowest BCUT2D eigenvalue weighted by Crippen LogP contribution is -2.67. The van der Waals surface area contributed by atoms with E-state index >= 15 is 0 Å². The van der Waals surface area contributed by atoms with Gasteiger partial charge in [-0.1, -0.05) is 142 Å². The zero-order valence-electron chi connectivity index (χ0n) is 31.5. The quantitative estimate of drug-likeness (QED) is 0.134. The molecule has 2 aliphatic heterocycles. The Balaban J connectivity index is 1.40. The Morgan fingerprint density at radius 2 is 1.15 bits per heavy atom. The molecule has 9 atom stereocenters. The van der Waals surface area contributed by atoms with Gasteiger partial charge >= 0.3 is 0 Å². The van der Waals surface area contributed by atoms with Gasteiger partial charge < -0.3 is 48.2 Å². The molecule has 3 N–H and O–H groups in total. The summed E-state index contributed by atoms with van der Waals surface area (Å²) in [5.74, 6) is 0. The van der Waals surface area contributed by atoms with Crippen molar-refractivity contribution in [2.24, 2.45) is 0 Å². The van der Waals surface area contributed by atoms with Crippen LogP contribution in [0, 0.1) is 0 Å². The molecular formula is C43H54O10Si. The van der Waals surface area contributed by atoms with Crippen molar-refractivity contribution >= 4 is 18.7 Å². The molecule has 2 aliphatic rings. The fraction of sp³-hybridized carbons (Fsp3) is 0.442. The Kier molecular flexibility index (Phi) is 13.9. The number of aliphatic hydroxyl groups excluding tert-OH is 3. The van der Waals surface area contributed by atoms with Gasteiger partial charge in [0.25, 0.3) is 8.32 Å². The van der Waals surface area contributed by atoms with E-state index in [1.807, 2.05) is 104 Å². The third kappa shape index (κ3) is 9.04. The minimum Gasteiger partial charge on any atom is -0.405 e. The van der Waals surface area contributed by atoms with Gasteiger partial charge in [-0.15, -0.1) is 0 Å². The molecule has 0 spiro atoms. The first-order chi connectivity index (χ1) is 26.2. The van der Waals surface area contributed by atoms with Crippen LogP contribution >= 0.6 is 0 Å². The predicted molar refractivity (Wildman–Crippen MR) is 207 cm³/mol. The largest absolute Gasteiger partial charge is 0.405 e. The number of rotatable bonds is 17. The molecule has 0 saturated carbocycles. The summed E-state index contributed by atoms with van der Waals surface area (Å²) in [6, 6.07) is 40.3. The summed E-state index contributed by atoms with van der Waals surface area (Å²) < 4.78 is 46.2. The van der Waals surface area contributed by atoms with Gasteiger partial charge in [0.1, 0.15) is 42.7 Å². The van der Waals surface area contributed by atoms with E-state index in [0.717, 1.165) is 21.5 Å². The third-order valence-corrected chi connectivity index (χ3v) is 15.2. The van der Waals surface area contributed by atoms with E-state index in [4.69, 9.17) is 32.8 Å². The summed E-state index contributed by atoms with van der Waals surface area (Å²) in [7, 11) is -3.10. The minimum absolute atomic E-state index is 0.000137. The number of ether oxygens (including phenoxy) is 6. The Morgan fingerprint density at radius 1 is 0.648 bits per heavy atom. The van der Waals surface area contributed by atoms with Crippen LogP contribution in [0.1, 0.15) is 38.8 Å². The molecule has 0 amide bonds. The first-order valence-electron chi connectivity index (χ1n) is 18.8. The average molecular weight is 759 g/mol. The standard InChI is InChI=1S/C43H54O10Si/c1-5-47-42-40(49-28-31-20-12-7-13-21-31)39(48-27-30-18-10-6-11-19-30)38(53-42)35(52-41-37(46)36(45)34(26-44)51-41)29-50-54(43(2,3)4,32-22-14-8-15-23-32)33-24-16-9-17-25-33/h6-25,34-42,44-46H,5,26-29H2,1-4H3/t34-,35-,36-,37+,38+,39+,40-,41-,42-/m1/s1. The lowest BCUT2D eigenvalue weighted by molar-refractivity contribution is -0.240. The van der Waals surface area contributed by atoms with Gasteiger partial charge in [-0.2, -0.15) is 0 Å². The highest BCUT2D eigenvalue weighted by Crippen LogP contribution is 2.39. The second kappa shape index (κ2) is 18.6. The molecule has 4 aromatic rings. The fourth-order valence-electron chi connectivity index (χ4n) is 7.48. The van der Waals surface area contributed by atoms with Crippen molar-refractivity contribution in [3.8, 4) is 0 Å². The summed E-state index contributed by atoms with van der Waals surface area (Å²) in [5, 5.41) is 33.6. The number of hydrogen-bond donors (Lipinski definition) is 3. The van der Waals surface area contributed by atoms with Crippen LogP contribution in [0.4, 0.5) is 0 Å². The van der Waals surface area contributed by atoms with E-state index in [0.29, 0.717) is 6.61 Å². The highest BCUT2D eigenvalue weighted by Gasteiger charge is 2.55. The lowest BCUT2D eigenvalue weighted by atomic mass is 10.0. The zero-order chi connectivity index (χ0) is 38.1. The molecular weight excluding hydrogens is 705 g/mol. The molecule has 54 heavy (non-hydrogen) atoms. The van der Waals surface area contributed by atoms with E-state index < -0.39 is 70.2 Å². The first kappa shape index (κ1) is 40.4. The normalized spacial score (nSPS) is 26.6. The van der Waals surface area contributed by atoms with Crippen molar-refractivity contribution in [3.63, 3.8) is 0 Å². The van der Waals surface area contributed by atoms with E-state index in [-0.39, 0.29) is 24.9 Å². The molecule has 0 aliphatic carbocycles. The van der Waals surface area contributed by atoms with E-state index in [1.54, 1.807) is 0 Å². The summed E-state index contributed by atoms with van der Waals surface area (Å²) in [6.45, 7) is 8.87. The maximum atomic E-state index is 11.1. The van der Waals surface area contributed by atoms with Gasteiger partial charge in [0.05, 0.1) is 26.4 Å². The Morgan fingerprint density at radius 3 is 1.61 bits per heavy atom. The summed E-state index contributed by atoms with van der Waals surface area (Å²) >= 11 is 0. The van der Waals surface area contributed by atoms with Crippen molar-refractivity contribution in [1.29, 1.82) is 0 Å². The lowest BCUT2D eigenvalue weighted by Gasteiger charge is -2.44. The molecule has 4 aromatic carbocycles. The van der Waals surface area contributed by atoms with Crippen LogP contribution in [0.25, 0.3) is 0 Å². The summed E-state index contributed by atoms with van der Waals surface area (Å²) in [6.07, 6.45) is -9.11. The highest BCUT2D eigenvalue weighted by atomic mass is 28.4. The van der Waals surface area contributed by atoms with Gasteiger partial charge in [-0.3, -0.25) is 0 Å². The Hall–Kier alpha value is -3.30. The molecule has 0 radical (unpaired) electrons. The molecule has 11 heteroatoms. The highest BCUT2D eigenvalue weighted by molar-refractivity contribution is 6.99. The van der Waals surface area contributed by atoms with Crippen LogP contribution < -0.4 is 10.4 Å². The van der Waals surface area contributed by atoms with Crippen LogP contribution in [-0.2, 0) is 46.1 Å². The van der Waals surface area contributed by atoms with E-state index in [9.17, 15) is 15.3 Å². The molecule has 290 valence electrons. The van der Waals surface area contributed by atoms with Crippen LogP contribution in [0.15, 0.2) is 121 Å². The van der Waals surface area contributed by atoms with Gasteiger partial charge in [-0.05, 0) is 33.5 Å².